The minimum Gasteiger partial charge on any atom is -0.309 e. The fourth-order valence-corrected chi connectivity index (χ4v) is 10.9. The van der Waals surface area contributed by atoms with Crippen LogP contribution >= 0.6 is 8.60 Å². The Morgan fingerprint density at radius 3 is 0.717 bits per heavy atom. The van der Waals surface area contributed by atoms with E-state index in [4.69, 9.17) is 13.6 Å². The maximum absolute atomic E-state index is 7.33. The van der Waals surface area contributed by atoms with Gasteiger partial charge in [-0.3, -0.25) is 0 Å². The highest BCUT2D eigenvalue weighted by Crippen LogP contribution is 2.58. The third-order valence-electron chi connectivity index (χ3n) is 13.0. The van der Waals surface area contributed by atoms with Crippen molar-refractivity contribution in [1.82, 2.24) is 0 Å². The molecule has 0 N–H and O–H groups in total. The lowest BCUT2D eigenvalue weighted by Gasteiger charge is -2.50. The van der Waals surface area contributed by atoms with Crippen molar-refractivity contribution in [2.75, 3.05) is 0 Å². The molecule has 0 spiro atoms. The molecule has 0 amide bonds. The lowest BCUT2D eigenvalue weighted by molar-refractivity contribution is -0.0737. The van der Waals surface area contributed by atoms with E-state index in [1.807, 2.05) is 0 Å². The zero-order valence-electron chi connectivity index (χ0n) is 34.2. The van der Waals surface area contributed by atoms with Crippen molar-refractivity contribution >= 4 is 8.60 Å². The Labute approximate surface area is 290 Å². The van der Waals surface area contributed by atoms with Gasteiger partial charge in [0.15, 0.2) is 0 Å². The first-order valence-corrected chi connectivity index (χ1v) is 20.5. The maximum atomic E-state index is 7.33. The van der Waals surface area contributed by atoms with Crippen LogP contribution in [0.15, 0.2) is 0 Å². The Hall–Kier alpha value is 0.310. The van der Waals surface area contributed by atoms with E-state index in [-0.39, 0.29) is 34.6 Å². The van der Waals surface area contributed by atoms with Crippen LogP contribution in [0.1, 0.15) is 182 Å². The first-order chi connectivity index (χ1) is 20.6. The molecule has 0 aliphatic heterocycles. The van der Waals surface area contributed by atoms with E-state index in [1.54, 1.807) is 0 Å². The molecular weight excluding hydrogens is 583 g/mol. The monoisotopic (exact) mass is 665 g/mol. The van der Waals surface area contributed by atoms with Crippen molar-refractivity contribution in [1.29, 1.82) is 0 Å². The summed E-state index contributed by atoms with van der Waals surface area (Å²) in [6.45, 7) is 43.7. The molecule has 0 aromatic heterocycles. The molecule has 0 aromatic carbocycles. The Morgan fingerprint density at radius 2 is 0.543 bits per heavy atom. The van der Waals surface area contributed by atoms with Gasteiger partial charge in [-0.15, -0.1) is 0 Å². The van der Waals surface area contributed by atoms with Gasteiger partial charge in [0, 0.05) is 0 Å². The summed E-state index contributed by atoms with van der Waals surface area (Å²) in [5.74, 6) is 3.65. The predicted molar refractivity (Wildman–Crippen MR) is 201 cm³/mol. The highest BCUT2D eigenvalue weighted by molar-refractivity contribution is 7.41. The predicted octanol–water partition coefficient (Wildman–Crippen LogP) is 13.9. The lowest BCUT2D eigenvalue weighted by Crippen LogP contribution is -2.44. The van der Waals surface area contributed by atoms with Crippen LogP contribution < -0.4 is 0 Å². The summed E-state index contributed by atoms with van der Waals surface area (Å²) in [4.78, 5) is 0. The van der Waals surface area contributed by atoms with E-state index in [2.05, 4.69) is 125 Å². The van der Waals surface area contributed by atoms with Gasteiger partial charge in [-0.1, -0.05) is 125 Å². The van der Waals surface area contributed by atoms with Gasteiger partial charge < -0.3 is 13.6 Å². The molecule has 0 bridgehead atoms. The first-order valence-electron chi connectivity index (χ1n) is 19.4. The highest BCUT2D eigenvalue weighted by atomic mass is 31.2. The summed E-state index contributed by atoms with van der Waals surface area (Å²) >= 11 is 0. The molecule has 9 atom stereocenters. The molecule has 3 aliphatic carbocycles. The Kier molecular flexibility index (Phi) is 12.8. The SMILES string of the molecule is CC(C)(C)C1CCC(OP(OC2CCC(C(C)(C)C)CC2C(C)(C)C)OC2CCC(C(C)(C)C)CC2C(C)(C)C)C(C(C)(C)C)C1. The van der Waals surface area contributed by atoms with Crippen LogP contribution in [-0.2, 0) is 13.6 Å². The molecular formula is C42H81O3P. The fraction of sp³-hybridized carbons (Fsp3) is 1.00. The highest BCUT2D eigenvalue weighted by Gasteiger charge is 2.48. The normalized spacial score (nSPS) is 35.2. The van der Waals surface area contributed by atoms with E-state index < -0.39 is 8.60 Å². The van der Waals surface area contributed by atoms with E-state index in [0.717, 1.165) is 37.0 Å². The Morgan fingerprint density at radius 1 is 0.326 bits per heavy atom. The molecule has 3 rings (SSSR count). The summed E-state index contributed by atoms with van der Waals surface area (Å²) in [6, 6.07) is 0. The minimum atomic E-state index is -1.48. The molecule has 3 saturated carbocycles. The standard InChI is InChI=1S/C42H81O3P/c1-37(2,3)28-19-22-34(31(25-28)40(10,11)12)43-46(44-35-23-20-29(38(4,5)6)26-32(35)41(13,14)15)45-36-24-21-30(39(7,8)9)27-33(36)42(16,17)18/h28-36H,19-27H2,1-18H3. The zero-order chi connectivity index (χ0) is 35.3. The van der Waals surface area contributed by atoms with Crippen LogP contribution in [-0.4, -0.2) is 18.3 Å². The lowest BCUT2D eigenvalue weighted by atomic mass is 9.62. The van der Waals surface area contributed by atoms with Crippen LogP contribution in [0.4, 0.5) is 0 Å². The van der Waals surface area contributed by atoms with Gasteiger partial charge in [0.1, 0.15) is 0 Å². The second-order valence-corrected chi connectivity index (χ2v) is 23.8. The largest absolute Gasteiger partial charge is 0.333 e. The summed E-state index contributed by atoms with van der Waals surface area (Å²) in [5, 5.41) is 0. The Balaban J connectivity index is 1.95. The minimum absolute atomic E-state index is 0.174. The van der Waals surface area contributed by atoms with Crippen molar-refractivity contribution in [2.24, 2.45) is 68.0 Å². The van der Waals surface area contributed by atoms with E-state index in [1.165, 1.54) is 38.5 Å². The van der Waals surface area contributed by atoms with Gasteiger partial charge in [-0.2, -0.15) is 0 Å². The van der Waals surface area contributed by atoms with Crippen LogP contribution in [0.3, 0.4) is 0 Å². The molecule has 4 heteroatoms. The van der Waals surface area contributed by atoms with E-state index in [0.29, 0.717) is 34.0 Å². The smallest absolute Gasteiger partial charge is 0.309 e. The molecule has 272 valence electrons. The fourth-order valence-electron chi connectivity index (χ4n) is 9.31. The van der Waals surface area contributed by atoms with Gasteiger partial charge >= 0.3 is 8.60 Å². The second-order valence-electron chi connectivity index (χ2n) is 22.7. The quantitative estimate of drug-likeness (QED) is 0.265. The molecule has 3 nitrogen and oxygen atoms in total. The number of hydrogen-bond donors (Lipinski definition) is 0. The van der Waals surface area contributed by atoms with Crippen molar-refractivity contribution in [2.45, 2.75) is 201 Å². The topological polar surface area (TPSA) is 27.7 Å². The van der Waals surface area contributed by atoms with Crippen molar-refractivity contribution < 1.29 is 13.6 Å². The van der Waals surface area contributed by atoms with Crippen LogP contribution in [0.25, 0.3) is 0 Å². The van der Waals surface area contributed by atoms with Gasteiger partial charge in [0.05, 0.1) is 18.3 Å². The zero-order valence-corrected chi connectivity index (χ0v) is 35.1. The molecule has 0 heterocycles. The van der Waals surface area contributed by atoms with Gasteiger partial charge in [-0.05, 0) is 126 Å². The second kappa shape index (κ2) is 14.5. The third-order valence-corrected chi connectivity index (χ3v) is 14.4. The van der Waals surface area contributed by atoms with Crippen molar-refractivity contribution in [3.05, 3.63) is 0 Å². The van der Waals surface area contributed by atoms with Crippen LogP contribution in [0, 0.1) is 68.0 Å². The van der Waals surface area contributed by atoms with Crippen LogP contribution in [0.5, 0.6) is 0 Å². The van der Waals surface area contributed by atoms with Crippen molar-refractivity contribution in [3.63, 3.8) is 0 Å². The Bertz CT molecular complexity index is 823. The summed E-state index contributed by atoms with van der Waals surface area (Å²) in [6.07, 6.45) is 11.2. The average molecular weight is 665 g/mol. The van der Waals surface area contributed by atoms with Gasteiger partial charge in [0.25, 0.3) is 0 Å². The van der Waals surface area contributed by atoms with E-state index in [9.17, 15) is 0 Å². The van der Waals surface area contributed by atoms with Gasteiger partial charge in [0.2, 0.25) is 0 Å². The molecule has 0 aromatic rings. The summed E-state index contributed by atoms with van der Waals surface area (Å²) in [7, 11) is -1.48. The maximum Gasteiger partial charge on any atom is 0.333 e. The van der Waals surface area contributed by atoms with Crippen LogP contribution in [0.2, 0.25) is 0 Å². The summed E-state index contributed by atoms with van der Waals surface area (Å²) in [5.41, 5.74) is 1.49. The summed E-state index contributed by atoms with van der Waals surface area (Å²) < 4.78 is 22.0. The average Bonchev–Trinajstić information content (AvgIpc) is 2.85. The number of hydrogen-bond acceptors (Lipinski definition) is 3. The van der Waals surface area contributed by atoms with E-state index >= 15 is 0 Å². The number of rotatable bonds is 6. The molecule has 46 heavy (non-hydrogen) atoms. The third kappa shape index (κ3) is 10.9. The van der Waals surface area contributed by atoms with Gasteiger partial charge in [-0.25, -0.2) is 0 Å². The molecule has 0 radical (unpaired) electrons. The van der Waals surface area contributed by atoms with Crippen molar-refractivity contribution in [3.8, 4) is 0 Å². The molecule has 0 saturated heterocycles. The molecule has 3 fully saturated rings. The molecule has 3 aliphatic rings. The first kappa shape index (κ1) is 40.7. The molecule has 9 unspecified atom stereocenters.